The summed E-state index contributed by atoms with van der Waals surface area (Å²) in [6.45, 7) is 0.324. The Morgan fingerprint density at radius 2 is 1.74 bits per heavy atom. The zero-order valence-electron chi connectivity index (χ0n) is 15.5. The summed E-state index contributed by atoms with van der Waals surface area (Å²) >= 11 is 1.75. The lowest BCUT2D eigenvalue weighted by molar-refractivity contribution is -0.148. The first-order chi connectivity index (χ1) is 13.2. The molecule has 27 heavy (non-hydrogen) atoms. The van der Waals surface area contributed by atoms with Gasteiger partial charge in [-0.25, -0.2) is 0 Å². The maximum Gasteiger partial charge on any atom is 0.306 e. The van der Waals surface area contributed by atoms with Gasteiger partial charge in [0.1, 0.15) is 5.75 Å². The van der Waals surface area contributed by atoms with Gasteiger partial charge in [0.25, 0.3) is 5.91 Å². The van der Waals surface area contributed by atoms with Gasteiger partial charge in [0.15, 0.2) is 6.61 Å². The van der Waals surface area contributed by atoms with E-state index in [9.17, 15) is 9.59 Å². The van der Waals surface area contributed by atoms with Gasteiger partial charge >= 0.3 is 5.97 Å². The molecule has 0 saturated carbocycles. The Hall–Kier alpha value is -2.47. The third kappa shape index (κ3) is 8.64. The molecule has 144 valence electrons. The van der Waals surface area contributed by atoms with E-state index in [1.54, 1.807) is 18.9 Å². The van der Waals surface area contributed by atoms with Crippen LogP contribution in [0.5, 0.6) is 5.75 Å². The highest BCUT2D eigenvalue weighted by molar-refractivity contribution is 7.98. The normalized spacial score (nSPS) is 10.3. The monoisotopic (exact) mass is 387 g/mol. The van der Waals surface area contributed by atoms with Crippen molar-refractivity contribution in [2.45, 2.75) is 18.6 Å². The summed E-state index contributed by atoms with van der Waals surface area (Å²) < 4.78 is 10.1. The van der Waals surface area contributed by atoms with Gasteiger partial charge in [-0.3, -0.25) is 9.59 Å². The van der Waals surface area contributed by atoms with E-state index in [4.69, 9.17) is 9.47 Å². The Morgan fingerprint density at radius 3 is 2.44 bits per heavy atom. The Labute approximate surface area is 164 Å². The van der Waals surface area contributed by atoms with Gasteiger partial charge in [0, 0.05) is 24.5 Å². The van der Waals surface area contributed by atoms with E-state index in [0.717, 1.165) is 22.8 Å². The number of methoxy groups -OCH3 is 1. The van der Waals surface area contributed by atoms with Crippen LogP contribution in [0.1, 0.15) is 17.5 Å². The molecular formula is C21H25NO4S. The van der Waals surface area contributed by atoms with Gasteiger partial charge < -0.3 is 14.8 Å². The third-order valence-corrected chi connectivity index (χ3v) is 4.85. The van der Waals surface area contributed by atoms with E-state index < -0.39 is 0 Å². The van der Waals surface area contributed by atoms with Gasteiger partial charge in [-0.05, 0) is 29.7 Å². The molecule has 2 rings (SSSR count). The molecule has 0 unspecified atom stereocenters. The second-order valence-corrected chi connectivity index (χ2v) is 7.00. The van der Waals surface area contributed by atoms with Crippen LogP contribution in [-0.2, 0) is 26.5 Å². The van der Waals surface area contributed by atoms with Crippen LogP contribution in [0, 0.1) is 0 Å². The molecule has 0 saturated heterocycles. The predicted molar refractivity (Wildman–Crippen MR) is 108 cm³/mol. The second-order valence-electron chi connectivity index (χ2n) is 5.90. The van der Waals surface area contributed by atoms with Gasteiger partial charge in [0.2, 0.25) is 0 Å². The van der Waals surface area contributed by atoms with Crippen LogP contribution in [0.25, 0.3) is 0 Å². The molecule has 5 nitrogen and oxygen atoms in total. The number of nitrogens with one attached hydrogen (secondary N) is 1. The van der Waals surface area contributed by atoms with Crippen LogP contribution < -0.4 is 10.1 Å². The highest BCUT2D eigenvalue weighted by atomic mass is 32.2. The first-order valence-electron chi connectivity index (χ1n) is 8.84. The third-order valence-electron chi connectivity index (χ3n) is 3.82. The topological polar surface area (TPSA) is 64.6 Å². The molecule has 2 aromatic carbocycles. The van der Waals surface area contributed by atoms with Crippen LogP contribution in [0.2, 0.25) is 0 Å². The molecule has 0 aromatic heterocycles. The molecule has 0 aliphatic heterocycles. The van der Waals surface area contributed by atoms with Crippen molar-refractivity contribution >= 4 is 23.6 Å². The van der Waals surface area contributed by atoms with Crippen molar-refractivity contribution in [1.82, 2.24) is 5.32 Å². The number of hydrogen-bond donors (Lipinski definition) is 1. The molecule has 0 bridgehead atoms. The van der Waals surface area contributed by atoms with Crippen LogP contribution in [0.4, 0.5) is 0 Å². The number of carbonyl (C=O) groups excluding carboxylic acids is 2. The Morgan fingerprint density at radius 1 is 1.00 bits per heavy atom. The van der Waals surface area contributed by atoms with Crippen LogP contribution in [-0.4, -0.2) is 37.9 Å². The minimum Gasteiger partial charge on any atom is -0.497 e. The van der Waals surface area contributed by atoms with Gasteiger partial charge in [-0.2, -0.15) is 11.8 Å². The summed E-state index contributed by atoms with van der Waals surface area (Å²) in [5, 5.41) is 2.76. The number of carbonyl (C=O) groups is 2. The maximum absolute atomic E-state index is 11.7. The quantitative estimate of drug-likeness (QED) is 0.474. The summed E-state index contributed by atoms with van der Waals surface area (Å²) in [6.07, 6.45) is 0.813. The fraction of sp³-hybridized carbons (Fsp3) is 0.333. The van der Waals surface area contributed by atoms with E-state index in [0.29, 0.717) is 13.0 Å². The number of ether oxygens (including phenoxy) is 2. The first-order valence-corrected chi connectivity index (χ1v) is 10.00. The lowest BCUT2D eigenvalue weighted by Gasteiger charge is -2.07. The Bertz CT molecular complexity index is 704. The molecule has 1 amide bonds. The summed E-state index contributed by atoms with van der Waals surface area (Å²) in [4.78, 5) is 23.5. The number of aryl methyl sites for hydroxylation is 1. The number of hydrogen-bond acceptors (Lipinski definition) is 5. The fourth-order valence-corrected chi connectivity index (χ4v) is 3.15. The summed E-state index contributed by atoms with van der Waals surface area (Å²) in [6, 6.07) is 17.7. The molecule has 0 heterocycles. The molecule has 0 aliphatic carbocycles. The average molecular weight is 388 g/mol. The van der Waals surface area contributed by atoms with E-state index >= 15 is 0 Å². The largest absolute Gasteiger partial charge is 0.497 e. The van der Waals surface area contributed by atoms with E-state index in [2.05, 4.69) is 17.4 Å². The van der Waals surface area contributed by atoms with Crippen molar-refractivity contribution in [1.29, 1.82) is 0 Å². The second kappa shape index (κ2) is 12.0. The Kier molecular flexibility index (Phi) is 9.27. The molecule has 0 fully saturated rings. The van der Waals surface area contributed by atoms with Crippen molar-refractivity contribution in [3.8, 4) is 5.75 Å². The lowest BCUT2D eigenvalue weighted by atomic mass is 10.1. The lowest BCUT2D eigenvalue weighted by Crippen LogP contribution is -2.30. The number of esters is 1. The van der Waals surface area contributed by atoms with Crippen molar-refractivity contribution in [3.63, 3.8) is 0 Å². The number of rotatable bonds is 11. The predicted octanol–water partition coefficient (Wildman–Crippen LogP) is 3.22. The fourth-order valence-electron chi connectivity index (χ4n) is 2.33. The first kappa shape index (κ1) is 20.8. The van der Waals surface area contributed by atoms with Crippen molar-refractivity contribution in [2.75, 3.05) is 26.0 Å². The van der Waals surface area contributed by atoms with E-state index in [1.165, 1.54) is 5.56 Å². The smallest absolute Gasteiger partial charge is 0.306 e. The highest BCUT2D eigenvalue weighted by Crippen LogP contribution is 2.13. The highest BCUT2D eigenvalue weighted by Gasteiger charge is 2.08. The molecule has 1 N–H and O–H groups in total. The minimum atomic E-state index is -0.376. The number of benzene rings is 2. The van der Waals surface area contributed by atoms with Crippen LogP contribution in [0.3, 0.4) is 0 Å². The Balaban J connectivity index is 1.52. The molecule has 0 spiro atoms. The molecule has 0 atom stereocenters. The van der Waals surface area contributed by atoms with Gasteiger partial charge in [-0.15, -0.1) is 0 Å². The molecule has 0 aliphatic rings. The SMILES string of the molecule is COc1ccc(CCC(=O)OCC(=O)NCCSCc2ccccc2)cc1. The maximum atomic E-state index is 11.7. The zero-order valence-corrected chi connectivity index (χ0v) is 16.3. The molecule has 2 aromatic rings. The van der Waals surface area contributed by atoms with Crippen molar-refractivity contribution < 1.29 is 19.1 Å². The number of thioether (sulfide) groups is 1. The van der Waals surface area contributed by atoms with Crippen LogP contribution >= 0.6 is 11.8 Å². The molecule has 6 heteroatoms. The number of amides is 1. The van der Waals surface area contributed by atoms with E-state index in [1.807, 2.05) is 42.5 Å². The summed E-state index contributed by atoms with van der Waals surface area (Å²) in [5.41, 5.74) is 2.28. The molecular weight excluding hydrogens is 362 g/mol. The molecule has 0 radical (unpaired) electrons. The van der Waals surface area contributed by atoms with Crippen molar-refractivity contribution in [2.24, 2.45) is 0 Å². The van der Waals surface area contributed by atoms with E-state index in [-0.39, 0.29) is 24.9 Å². The summed E-state index contributed by atoms with van der Waals surface area (Å²) in [7, 11) is 1.61. The minimum absolute atomic E-state index is 0.231. The zero-order chi connectivity index (χ0) is 19.3. The average Bonchev–Trinajstić information content (AvgIpc) is 2.71. The van der Waals surface area contributed by atoms with Gasteiger partial charge in [-0.1, -0.05) is 42.5 Å². The van der Waals surface area contributed by atoms with Gasteiger partial charge in [0.05, 0.1) is 7.11 Å². The standard InChI is InChI=1S/C21H25NO4S/c1-25-19-10-7-17(8-11-19)9-12-21(24)26-15-20(23)22-13-14-27-16-18-5-3-2-4-6-18/h2-8,10-11H,9,12-16H2,1H3,(H,22,23). The van der Waals surface area contributed by atoms with Crippen molar-refractivity contribution in [3.05, 3.63) is 65.7 Å². The summed E-state index contributed by atoms with van der Waals surface area (Å²) in [5.74, 6) is 1.86. The van der Waals surface area contributed by atoms with Crippen LogP contribution in [0.15, 0.2) is 54.6 Å².